The molecule has 27 heavy (non-hydrogen) atoms. The predicted molar refractivity (Wildman–Crippen MR) is 94.1 cm³/mol. The van der Waals surface area contributed by atoms with Gasteiger partial charge < -0.3 is 5.32 Å². The van der Waals surface area contributed by atoms with Gasteiger partial charge in [-0.15, -0.1) is 0 Å². The summed E-state index contributed by atoms with van der Waals surface area (Å²) in [6.45, 7) is -0.814. The molecule has 1 fully saturated rings. The van der Waals surface area contributed by atoms with Crippen molar-refractivity contribution in [3.63, 3.8) is 0 Å². The van der Waals surface area contributed by atoms with E-state index in [4.69, 9.17) is 11.6 Å². The Labute approximate surface area is 158 Å². The first-order chi connectivity index (χ1) is 12.9. The molecule has 0 unspecified atom stereocenters. The second kappa shape index (κ2) is 7.55. The molecule has 0 aromatic heterocycles. The topological polar surface area (TPSA) is 86.8 Å². The number of carbonyl (C=O) groups excluding carboxylic acids is 4. The Balaban J connectivity index is 1.70. The van der Waals surface area contributed by atoms with Gasteiger partial charge in [0, 0.05) is 5.02 Å². The molecule has 3 rings (SSSR count). The van der Waals surface area contributed by atoms with E-state index in [-0.39, 0.29) is 17.3 Å². The Morgan fingerprint density at radius 3 is 2.37 bits per heavy atom. The van der Waals surface area contributed by atoms with Crippen molar-refractivity contribution in [2.75, 3.05) is 11.9 Å². The van der Waals surface area contributed by atoms with Crippen molar-refractivity contribution in [1.29, 1.82) is 0 Å². The summed E-state index contributed by atoms with van der Waals surface area (Å²) in [6, 6.07) is 11.3. The highest BCUT2D eigenvalue weighted by Crippen LogP contribution is 2.20. The molecule has 2 aromatic rings. The smallest absolute Gasteiger partial charge is 0.322 e. The zero-order valence-electron chi connectivity index (χ0n) is 13.8. The number of urea groups is 1. The van der Waals surface area contributed by atoms with Crippen molar-refractivity contribution in [3.05, 3.63) is 64.9 Å². The molecule has 9 heteroatoms. The van der Waals surface area contributed by atoms with Crippen LogP contribution in [0.2, 0.25) is 5.02 Å². The number of nitrogens with zero attached hydrogens (tertiary/aromatic N) is 2. The van der Waals surface area contributed by atoms with Gasteiger partial charge in [-0.25, -0.2) is 14.1 Å². The number of benzene rings is 2. The second-order valence-electron chi connectivity index (χ2n) is 5.72. The minimum Gasteiger partial charge on any atom is -0.322 e. The first-order valence-corrected chi connectivity index (χ1v) is 8.21. The second-order valence-corrected chi connectivity index (χ2v) is 6.16. The Morgan fingerprint density at radius 1 is 1.00 bits per heavy atom. The molecular weight excluding hydrogens is 377 g/mol. The van der Waals surface area contributed by atoms with Gasteiger partial charge in [-0.3, -0.25) is 19.3 Å². The van der Waals surface area contributed by atoms with Gasteiger partial charge >= 0.3 is 17.8 Å². The van der Waals surface area contributed by atoms with E-state index >= 15 is 0 Å². The first-order valence-electron chi connectivity index (χ1n) is 7.83. The molecule has 1 N–H and O–H groups in total. The van der Waals surface area contributed by atoms with E-state index in [1.54, 1.807) is 30.3 Å². The third-order valence-electron chi connectivity index (χ3n) is 3.82. The molecule has 7 nitrogen and oxygen atoms in total. The lowest BCUT2D eigenvalue weighted by Gasteiger charge is -2.15. The Kier molecular flexibility index (Phi) is 5.18. The normalized spacial score (nSPS) is 14.1. The van der Waals surface area contributed by atoms with Gasteiger partial charge in [0.1, 0.15) is 12.4 Å². The average Bonchev–Trinajstić information content (AvgIpc) is 2.84. The number of hydrogen-bond acceptors (Lipinski definition) is 4. The highest BCUT2D eigenvalue weighted by molar-refractivity contribution is 6.45. The van der Waals surface area contributed by atoms with Crippen LogP contribution in [-0.2, 0) is 20.9 Å². The molecule has 5 amide bonds. The summed E-state index contributed by atoms with van der Waals surface area (Å²) in [7, 11) is 0. The van der Waals surface area contributed by atoms with Gasteiger partial charge in [-0.1, -0.05) is 41.9 Å². The summed E-state index contributed by atoms with van der Waals surface area (Å²) >= 11 is 5.74. The maximum absolute atomic E-state index is 13.7. The Morgan fingerprint density at radius 2 is 1.67 bits per heavy atom. The van der Waals surface area contributed by atoms with Crippen molar-refractivity contribution in [2.45, 2.75) is 6.54 Å². The molecule has 1 aliphatic rings. The van der Waals surface area contributed by atoms with Crippen molar-refractivity contribution in [3.8, 4) is 0 Å². The van der Waals surface area contributed by atoms with Crippen molar-refractivity contribution in [2.24, 2.45) is 0 Å². The number of halogens is 2. The summed E-state index contributed by atoms with van der Waals surface area (Å²) in [4.78, 5) is 49.9. The molecule has 0 saturated carbocycles. The van der Waals surface area contributed by atoms with Gasteiger partial charge in [0.15, 0.2) is 0 Å². The van der Waals surface area contributed by atoms with Crippen LogP contribution in [0, 0.1) is 5.82 Å². The predicted octanol–water partition coefficient (Wildman–Crippen LogP) is 2.41. The largest absolute Gasteiger partial charge is 0.335 e. The van der Waals surface area contributed by atoms with E-state index in [2.05, 4.69) is 5.32 Å². The van der Waals surface area contributed by atoms with E-state index in [9.17, 15) is 23.6 Å². The standard InChI is InChI=1S/C18H13ClFN3O4/c19-12-6-7-13(20)14(8-12)21-15(24)10-23-17(26)16(25)22(18(23)27)9-11-4-2-1-3-5-11/h1-8H,9-10H2,(H,21,24). The van der Waals surface area contributed by atoms with Crippen molar-refractivity contribution >= 4 is 41.0 Å². The van der Waals surface area contributed by atoms with Crippen LogP contribution >= 0.6 is 11.6 Å². The number of anilines is 1. The van der Waals surface area contributed by atoms with Gasteiger partial charge in [0.25, 0.3) is 0 Å². The molecule has 138 valence electrons. The van der Waals surface area contributed by atoms with Crippen LogP contribution in [0.1, 0.15) is 5.56 Å². The Bertz CT molecular complexity index is 935. The number of nitrogens with one attached hydrogen (secondary N) is 1. The molecule has 2 aromatic carbocycles. The number of rotatable bonds is 5. The van der Waals surface area contributed by atoms with E-state index in [1.165, 1.54) is 12.1 Å². The average molecular weight is 390 g/mol. The number of hydrogen-bond donors (Lipinski definition) is 1. The molecule has 0 radical (unpaired) electrons. The minimum atomic E-state index is -1.11. The van der Waals surface area contributed by atoms with Crippen molar-refractivity contribution < 1.29 is 23.6 Å². The van der Waals surface area contributed by atoms with Gasteiger partial charge in [-0.05, 0) is 23.8 Å². The lowest BCUT2D eigenvalue weighted by molar-refractivity contribution is -0.143. The third-order valence-corrected chi connectivity index (χ3v) is 4.06. The van der Waals surface area contributed by atoms with E-state index < -0.39 is 36.1 Å². The van der Waals surface area contributed by atoms with Crippen LogP contribution in [0.3, 0.4) is 0 Å². The number of carbonyl (C=O) groups is 4. The number of amides is 5. The van der Waals surface area contributed by atoms with Crippen LogP contribution in [0.25, 0.3) is 0 Å². The first kappa shape index (κ1) is 18.5. The fraction of sp³-hybridized carbons (Fsp3) is 0.111. The lowest BCUT2D eigenvalue weighted by atomic mass is 10.2. The van der Waals surface area contributed by atoms with Gasteiger partial charge in [0.2, 0.25) is 5.91 Å². The fourth-order valence-corrected chi connectivity index (χ4v) is 2.69. The summed E-state index contributed by atoms with van der Waals surface area (Å²) < 4.78 is 13.7. The molecule has 1 saturated heterocycles. The van der Waals surface area contributed by atoms with Crippen LogP contribution in [0.15, 0.2) is 48.5 Å². The quantitative estimate of drug-likeness (QED) is 0.628. The highest BCUT2D eigenvalue weighted by atomic mass is 35.5. The molecule has 1 aliphatic heterocycles. The molecule has 0 atom stereocenters. The summed E-state index contributed by atoms with van der Waals surface area (Å²) in [5.74, 6) is -3.70. The molecular formula is C18H13ClFN3O4. The summed E-state index contributed by atoms with van der Waals surface area (Å²) in [6.07, 6.45) is 0. The maximum atomic E-state index is 13.7. The fourth-order valence-electron chi connectivity index (χ4n) is 2.52. The number of imide groups is 2. The zero-order chi connectivity index (χ0) is 19.6. The minimum absolute atomic E-state index is 0.0920. The Hall–Kier alpha value is -3.26. The SMILES string of the molecule is O=C(CN1C(=O)C(=O)N(Cc2ccccc2)C1=O)Nc1cc(Cl)ccc1F. The van der Waals surface area contributed by atoms with Crippen LogP contribution in [-0.4, -0.2) is 40.1 Å². The monoisotopic (exact) mass is 389 g/mol. The highest BCUT2D eigenvalue weighted by Gasteiger charge is 2.45. The van der Waals surface area contributed by atoms with E-state index in [1.807, 2.05) is 0 Å². The van der Waals surface area contributed by atoms with Gasteiger partial charge in [-0.2, -0.15) is 0 Å². The van der Waals surface area contributed by atoms with Gasteiger partial charge in [0.05, 0.1) is 12.2 Å². The molecule has 1 heterocycles. The van der Waals surface area contributed by atoms with E-state index in [0.29, 0.717) is 10.5 Å². The van der Waals surface area contributed by atoms with Crippen LogP contribution < -0.4 is 5.32 Å². The molecule has 0 spiro atoms. The zero-order valence-corrected chi connectivity index (χ0v) is 14.6. The molecule has 0 bridgehead atoms. The molecule has 0 aliphatic carbocycles. The third kappa shape index (κ3) is 3.95. The van der Waals surface area contributed by atoms with E-state index in [0.717, 1.165) is 11.0 Å². The summed E-state index contributed by atoms with van der Waals surface area (Å²) in [5.41, 5.74) is 0.457. The van der Waals surface area contributed by atoms with Crippen molar-refractivity contribution in [1.82, 2.24) is 9.80 Å². The van der Waals surface area contributed by atoms with Crippen LogP contribution in [0.5, 0.6) is 0 Å². The maximum Gasteiger partial charge on any atom is 0.335 e. The lowest BCUT2D eigenvalue weighted by Crippen LogP contribution is -2.39. The van der Waals surface area contributed by atoms with Crippen LogP contribution in [0.4, 0.5) is 14.9 Å². The summed E-state index contributed by atoms with van der Waals surface area (Å²) in [5, 5.41) is 2.42.